The Labute approximate surface area is 196 Å². The number of imidazole rings is 1. The molecule has 0 spiro atoms. The number of rotatable bonds is 6. The molecule has 2 N–H and O–H groups in total. The van der Waals surface area contributed by atoms with Crippen molar-refractivity contribution < 1.29 is 14.3 Å². The zero-order chi connectivity index (χ0) is 23.5. The highest BCUT2D eigenvalue weighted by atomic mass is 19.1. The van der Waals surface area contributed by atoms with E-state index in [9.17, 15) is 14.3 Å². The number of phenols is 1. The number of carbonyl (C=O) groups is 1. The molecule has 0 saturated carbocycles. The summed E-state index contributed by atoms with van der Waals surface area (Å²) in [7, 11) is 0. The molecule has 1 aliphatic rings. The van der Waals surface area contributed by atoms with Crippen LogP contribution >= 0.6 is 0 Å². The van der Waals surface area contributed by atoms with E-state index in [2.05, 4.69) is 33.1 Å². The molecular formula is C27H23FN4O2. The topological polar surface area (TPSA) is 72.1 Å². The summed E-state index contributed by atoms with van der Waals surface area (Å²) < 4.78 is 17.4. The van der Waals surface area contributed by atoms with Crippen molar-refractivity contribution in [2.45, 2.75) is 13.0 Å². The highest BCUT2D eigenvalue weighted by Gasteiger charge is 2.14. The SMILES string of the molecule is O=C(/C=C/c1ccc(F)c(O)c1)Nc1cccc2ccn(CC3C=CC(n4ccnc4)=CC3)c12. The van der Waals surface area contributed by atoms with Crippen LogP contribution in [0.25, 0.3) is 22.7 Å². The Morgan fingerprint density at radius 2 is 2.15 bits per heavy atom. The third-order valence-electron chi connectivity index (χ3n) is 5.85. The first-order valence-corrected chi connectivity index (χ1v) is 11.0. The van der Waals surface area contributed by atoms with E-state index in [0.717, 1.165) is 35.6 Å². The molecule has 1 aliphatic carbocycles. The Kier molecular flexibility index (Phi) is 5.82. The number of amides is 1. The number of benzene rings is 2. The second-order valence-electron chi connectivity index (χ2n) is 8.20. The number of halogens is 1. The van der Waals surface area contributed by atoms with Gasteiger partial charge in [0.2, 0.25) is 5.91 Å². The number of aromatic hydroxyl groups is 1. The number of fused-ring (bicyclic) bond motifs is 1. The van der Waals surface area contributed by atoms with Crippen molar-refractivity contribution in [2.75, 3.05) is 5.32 Å². The molecule has 0 fully saturated rings. The third-order valence-corrected chi connectivity index (χ3v) is 5.85. The maximum Gasteiger partial charge on any atom is 0.248 e. The molecule has 6 nitrogen and oxygen atoms in total. The van der Waals surface area contributed by atoms with Crippen molar-refractivity contribution in [1.29, 1.82) is 0 Å². The first-order chi connectivity index (χ1) is 16.6. The molecule has 34 heavy (non-hydrogen) atoms. The van der Waals surface area contributed by atoms with Gasteiger partial charge in [0.15, 0.2) is 11.6 Å². The molecule has 1 atom stereocenters. The number of hydrogen-bond acceptors (Lipinski definition) is 3. The van der Waals surface area contributed by atoms with Crippen LogP contribution in [0.5, 0.6) is 5.75 Å². The van der Waals surface area contributed by atoms with Gasteiger partial charge in [-0.25, -0.2) is 9.37 Å². The molecule has 2 aromatic heterocycles. The Bertz CT molecular complexity index is 1430. The fourth-order valence-electron chi connectivity index (χ4n) is 4.14. The summed E-state index contributed by atoms with van der Waals surface area (Å²) in [6.45, 7) is 0.783. The van der Waals surface area contributed by atoms with Gasteiger partial charge in [-0.1, -0.05) is 30.4 Å². The van der Waals surface area contributed by atoms with E-state index in [4.69, 9.17) is 0 Å². The number of para-hydroxylation sites is 1. The van der Waals surface area contributed by atoms with Crippen LogP contribution in [0.15, 0.2) is 91.7 Å². The van der Waals surface area contributed by atoms with Gasteiger partial charge in [0.1, 0.15) is 0 Å². The van der Waals surface area contributed by atoms with Gasteiger partial charge in [0.05, 0.1) is 17.5 Å². The zero-order valence-corrected chi connectivity index (χ0v) is 18.3. The maximum absolute atomic E-state index is 13.2. The van der Waals surface area contributed by atoms with Gasteiger partial charge in [-0.05, 0) is 54.3 Å². The lowest BCUT2D eigenvalue weighted by atomic mass is 9.99. The van der Waals surface area contributed by atoms with Crippen LogP contribution in [0.2, 0.25) is 0 Å². The monoisotopic (exact) mass is 454 g/mol. The Morgan fingerprint density at radius 3 is 2.91 bits per heavy atom. The Morgan fingerprint density at radius 1 is 1.24 bits per heavy atom. The fourth-order valence-corrected chi connectivity index (χ4v) is 4.14. The molecule has 0 aliphatic heterocycles. The number of aromatic nitrogens is 3. The lowest BCUT2D eigenvalue weighted by Crippen LogP contribution is -2.13. The molecule has 2 aromatic carbocycles. The van der Waals surface area contributed by atoms with Gasteiger partial charge in [-0.2, -0.15) is 0 Å². The largest absolute Gasteiger partial charge is 0.505 e. The lowest BCUT2D eigenvalue weighted by Gasteiger charge is -2.19. The fraction of sp³-hybridized carbons (Fsp3) is 0.111. The summed E-state index contributed by atoms with van der Waals surface area (Å²) in [5, 5.41) is 13.5. The van der Waals surface area contributed by atoms with Crippen LogP contribution in [0, 0.1) is 11.7 Å². The van der Waals surface area contributed by atoms with Gasteiger partial charge in [-0.3, -0.25) is 4.79 Å². The zero-order valence-electron chi connectivity index (χ0n) is 18.3. The highest BCUT2D eigenvalue weighted by Crippen LogP contribution is 2.28. The Hall–Kier alpha value is -4.39. The van der Waals surface area contributed by atoms with Crippen molar-refractivity contribution in [3.8, 4) is 5.75 Å². The molecule has 2 heterocycles. The second-order valence-corrected chi connectivity index (χ2v) is 8.20. The number of nitrogens with one attached hydrogen (secondary N) is 1. The Balaban J connectivity index is 1.31. The van der Waals surface area contributed by atoms with E-state index >= 15 is 0 Å². The molecule has 7 heteroatoms. The third kappa shape index (κ3) is 4.54. The van der Waals surface area contributed by atoms with Gasteiger partial charge < -0.3 is 19.6 Å². The van der Waals surface area contributed by atoms with Crippen LogP contribution in [-0.2, 0) is 11.3 Å². The lowest BCUT2D eigenvalue weighted by molar-refractivity contribution is -0.111. The summed E-state index contributed by atoms with van der Waals surface area (Å²) in [6.07, 6.45) is 17.9. The minimum absolute atomic E-state index is 0.311. The van der Waals surface area contributed by atoms with Gasteiger partial charge in [0.25, 0.3) is 0 Å². The molecule has 0 radical (unpaired) electrons. The van der Waals surface area contributed by atoms with Gasteiger partial charge >= 0.3 is 0 Å². The molecule has 1 unspecified atom stereocenters. The van der Waals surface area contributed by atoms with Gasteiger partial charge in [0, 0.05) is 42.3 Å². The van der Waals surface area contributed by atoms with E-state index in [1.165, 1.54) is 24.3 Å². The van der Waals surface area contributed by atoms with Crippen LogP contribution in [0.3, 0.4) is 0 Å². The van der Waals surface area contributed by atoms with Crippen LogP contribution in [0.4, 0.5) is 10.1 Å². The molecular weight excluding hydrogens is 431 g/mol. The first-order valence-electron chi connectivity index (χ1n) is 11.0. The highest BCUT2D eigenvalue weighted by molar-refractivity contribution is 6.06. The average Bonchev–Trinajstić information content (AvgIpc) is 3.52. The molecule has 0 bridgehead atoms. The summed E-state index contributed by atoms with van der Waals surface area (Å²) in [4.78, 5) is 16.7. The molecule has 170 valence electrons. The van der Waals surface area contributed by atoms with Crippen LogP contribution < -0.4 is 5.32 Å². The van der Waals surface area contributed by atoms with E-state index in [-0.39, 0.29) is 5.91 Å². The minimum Gasteiger partial charge on any atom is -0.505 e. The number of nitrogens with zero attached hydrogens (tertiary/aromatic N) is 3. The summed E-state index contributed by atoms with van der Waals surface area (Å²) >= 11 is 0. The standard InChI is InChI=1S/C27H23FN4O2/c28-23-10-6-19(16-25(23)33)7-11-26(34)30-24-3-1-2-21-12-14-31(27(21)24)17-20-4-8-22(9-5-20)32-15-13-29-18-32/h1-4,6-16,18,20,33H,5,17H2,(H,30,34)/b11-7+. The summed E-state index contributed by atoms with van der Waals surface area (Å²) in [6, 6.07) is 11.8. The van der Waals surface area contributed by atoms with Crippen molar-refractivity contribution in [3.63, 3.8) is 0 Å². The summed E-state index contributed by atoms with van der Waals surface area (Å²) in [5.41, 5.74) is 3.32. The number of allylic oxidation sites excluding steroid dienone is 4. The molecule has 4 aromatic rings. The van der Waals surface area contributed by atoms with E-state index in [0.29, 0.717) is 17.2 Å². The van der Waals surface area contributed by atoms with Crippen LogP contribution in [0.1, 0.15) is 12.0 Å². The number of carbonyl (C=O) groups excluding carboxylic acids is 1. The maximum atomic E-state index is 13.2. The normalized spacial score (nSPS) is 15.7. The second kappa shape index (κ2) is 9.23. The average molecular weight is 455 g/mol. The number of anilines is 1. The smallest absolute Gasteiger partial charge is 0.248 e. The molecule has 5 rings (SSSR count). The molecule has 1 amide bonds. The van der Waals surface area contributed by atoms with Crippen molar-refractivity contribution in [2.24, 2.45) is 5.92 Å². The van der Waals surface area contributed by atoms with Crippen molar-refractivity contribution >= 4 is 34.3 Å². The van der Waals surface area contributed by atoms with Crippen molar-refractivity contribution in [3.05, 3.63) is 103 Å². The van der Waals surface area contributed by atoms with E-state index in [1.807, 2.05) is 41.2 Å². The predicted molar refractivity (Wildman–Crippen MR) is 131 cm³/mol. The van der Waals surface area contributed by atoms with E-state index < -0.39 is 11.6 Å². The van der Waals surface area contributed by atoms with Crippen LogP contribution in [-0.4, -0.2) is 25.1 Å². The minimum atomic E-state index is -0.699. The molecule has 0 saturated heterocycles. The summed E-state index contributed by atoms with van der Waals surface area (Å²) in [5.74, 6) is -1.13. The number of phenolic OH excluding ortho intramolecular Hbond substituents is 1. The predicted octanol–water partition coefficient (Wildman–Crippen LogP) is 5.45. The van der Waals surface area contributed by atoms with E-state index in [1.54, 1.807) is 12.5 Å². The van der Waals surface area contributed by atoms with Crippen molar-refractivity contribution in [1.82, 2.24) is 14.1 Å². The first kappa shape index (κ1) is 21.5. The van der Waals surface area contributed by atoms with Gasteiger partial charge in [-0.15, -0.1) is 0 Å². The quantitative estimate of drug-likeness (QED) is 0.381. The number of hydrogen-bond donors (Lipinski definition) is 2.